The van der Waals surface area contributed by atoms with Crippen LogP contribution in [0.5, 0.6) is 0 Å². The number of phosphoric ester groups is 1. The summed E-state index contributed by atoms with van der Waals surface area (Å²) in [6.45, 7) is -1.14. The average molecular weight is 834 g/mol. The van der Waals surface area contributed by atoms with Crippen molar-refractivity contribution < 1.29 is 140 Å². The fourth-order valence-electron chi connectivity index (χ4n) is 3.84. The van der Waals surface area contributed by atoms with Crippen molar-refractivity contribution in [2.75, 3.05) is 13.2 Å². The zero-order chi connectivity index (χ0) is 40.1. The number of hydrogen-bond acceptors (Lipinski definition) is 4. The zero-order valence-corrected chi connectivity index (χ0v) is 29.1. The van der Waals surface area contributed by atoms with E-state index in [-0.39, 0.29) is 36.0 Å². The van der Waals surface area contributed by atoms with Gasteiger partial charge in [-0.2, -0.15) is 92.2 Å². The molecule has 1 unspecified atom stereocenters. The van der Waals surface area contributed by atoms with Crippen LogP contribution in [-0.4, -0.2) is 72.7 Å². The monoisotopic (exact) mass is 834 g/mol. The first-order chi connectivity index (χ1) is 22.0. The van der Waals surface area contributed by atoms with Gasteiger partial charge in [-0.25, -0.2) is 0 Å². The summed E-state index contributed by atoms with van der Waals surface area (Å²) in [5, 5.41) is 0. The van der Waals surface area contributed by atoms with Gasteiger partial charge in [-0.05, 0) is 6.42 Å². The van der Waals surface area contributed by atoms with Crippen molar-refractivity contribution in [1.29, 1.82) is 0 Å². The van der Waals surface area contributed by atoms with E-state index in [1.807, 2.05) is 6.92 Å². The molecule has 0 aromatic carbocycles. The van der Waals surface area contributed by atoms with E-state index < -0.39 is 86.9 Å². The van der Waals surface area contributed by atoms with Crippen LogP contribution < -0.4 is 34.5 Å². The normalized spacial score (nSPS) is 16.2. The van der Waals surface area contributed by atoms with E-state index in [4.69, 9.17) is 0 Å². The number of halogens is 21. The number of alkyl halides is 21. The molecule has 27 heteroatoms. The second-order valence-electron chi connectivity index (χ2n) is 10.8. The molecule has 0 aliphatic rings. The van der Waals surface area contributed by atoms with Gasteiger partial charge in [0, 0.05) is 6.42 Å². The van der Waals surface area contributed by atoms with Crippen LogP contribution in [0.15, 0.2) is 0 Å². The van der Waals surface area contributed by atoms with E-state index in [9.17, 15) is 102 Å². The van der Waals surface area contributed by atoms with Gasteiger partial charge in [0.2, 0.25) is 0 Å². The molecule has 0 saturated carbocycles. The Bertz CT molecular complexity index is 1120. The molecule has 0 rings (SSSR count). The molecule has 0 aromatic rings. The Morgan fingerprint density at radius 3 is 1.04 bits per heavy atom. The van der Waals surface area contributed by atoms with E-state index in [1.54, 1.807) is 0 Å². The second-order valence-corrected chi connectivity index (χ2v) is 12.3. The van der Waals surface area contributed by atoms with Crippen LogP contribution in [0.4, 0.5) is 92.2 Å². The quantitative estimate of drug-likeness (QED) is 0.0428. The van der Waals surface area contributed by atoms with Crippen molar-refractivity contribution in [2.24, 2.45) is 0 Å². The average Bonchev–Trinajstić information content (AvgIpc) is 2.94. The van der Waals surface area contributed by atoms with Crippen molar-refractivity contribution in [1.82, 2.24) is 0 Å². The topological polar surface area (TPSA) is 58.6 Å². The van der Waals surface area contributed by atoms with E-state index in [1.165, 1.54) is 0 Å². The van der Waals surface area contributed by atoms with E-state index in [0.29, 0.717) is 12.8 Å². The molecule has 0 heterocycles. The van der Waals surface area contributed by atoms with Gasteiger partial charge < -0.3 is 13.9 Å². The Balaban J connectivity index is 0. The molecule has 0 bridgehead atoms. The number of rotatable bonds is 24. The first-order valence-corrected chi connectivity index (χ1v) is 15.5. The maximum Gasteiger partial charge on any atom is 1.00 e. The van der Waals surface area contributed by atoms with Gasteiger partial charge >= 0.3 is 89.0 Å². The van der Waals surface area contributed by atoms with Crippen LogP contribution in [0, 0.1) is 0 Å². The van der Waals surface area contributed by atoms with Gasteiger partial charge in [-0.1, -0.05) is 64.7 Å². The summed E-state index contributed by atoms with van der Waals surface area (Å²) in [4.78, 5) is 11.6. The summed E-state index contributed by atoms with van der Waals surface area (Å²) in [7, 11) is -5.77. The fraction of sp³-hybridized carbons (Fsp3) is 1.00. The van der Waals surface area contributed by atoms with Crippen LogP contribution in [-0.2, 0) is 13.6 Å². The number of phosphoric acid groups is 1. The summed E-state index contributed by atoms with van der Waals surface area (Å²) in [5.74, 6) is -78.1. The van der Waals surface area contributed by atoms with Gasteiger partial charge in [0.1, 0.15) is 0 Å². The van der Waals surface area contributed by atoms with Crippen LogP contribution in [0.2, 0.25) is 0 Å². The molecular formula is C24H29F21NaO4P. The van der Waals surface area contributed by atoms with Crippen LogP contribution in [0.1, 0.15) is 77.6 Å². The molecule has 302 valence electrons. The largest absolute Gasteiger partial charge is 1.00 e. The van der Waals surface area contributed by atoms with Crippen molar-refractivity contribution in [3.8, 4) is 0 Å². The van der Waals surface area contributed by atoms with Crippen molar-refractivity contribution in [2.45, 2.75) is 137 Å². The SMILES string of the molecule is CCCCCCCCCCCCOP(=O)([O-])OCCC(F)(F)C(F)(F)C(F)(F)C(F)(F)C(F)(F)C(F)(F)C(F)(F)C(F)(F)C(F)(F)C(F)(F)F.[Na+]. The molecule has 0 fully saturated rings. The third-order valence-electron chi connectivity index (χ3n) is 6.99. The van der Waals surface area contributed by atoms with Gasteiger partial charge in [0.15, 0.2) is 0 Å². The summed E-state index contributed by atoms with van der Waals surface area (Å²) in [5.41, 5.74) is 0. The van der Waals surface area contributed by atoms with E-state index in [2.05, 4.69) is 9.05 Å². The minimum Gasteiger partial charge on any atom is -0.756 e. The van der Waals surface area contributed by atoms with Gasteiger partial charge in [0.25, 0.3) is 7.82 Å². The summed E-state index contributed by atoms with van der Waals surface area (Å²) < 4.78 is 301. The Morgan fingerprint density at radius 2 is 0.706 bits per heavy atom. The summed E-state index contributed by atoms with van der Waals surface area (Å²) in [6, 6.07) is 0. The third-order valence-corrected chi connectivity index (χ3v) is 7.99. The Labute approximate surface area is 298 Å². The fourth-order valence-corrected chi connectivity index (χ4v) is 4.58. The number of hydrogen-bond donors (Lipinski definition) is 0. The molecule has 0 radical (unpaired) electrons. The molecule has 0 aliphatic carbocycles. The smallest absolute Gasteiger partial charge is 0.756 e. The Morgan fingerprint density at radius 1 is 0.431 bits per heavy atom. The molecule has 1 atom stereocenters. The number of unbranched alkanes of at least 4 members (excludes halogenated alkanes) is 9. The predicted octanol–water partition coefficient (Wildman–Crippen LogP) is 8.08. The molecule has 0 aliphatic heterocycles. The Hall–Kier alpha value is -0.360. The van der Waals surface area contributed by atoms with Crippen molar-refractivity contribution in [3.63, 3.8) is 0 Å². The molecular weight excluding hydrogens is 805 g/mol. The molecule has 0 spiro atoms. The molecule has 0 aromatic heterocycles. The minimum absolute atomic E-state index is 0. The maximum absolute atomic E-state index is 13.9. The van der Waals surface area contributed by atoms with Crippen molar-refractivity contribution in [3.05, 3.63) is 0 Å². The van der Waals surface area contributed by atoms with Gasteiger partial charge in [-0.3, -0.25) is 4.57 Å². The zero-order valence-electron chi connectivity index (χ0n) is 26.2. The maximum atomic E-state index is 13.9. The molecule has 0 saturated heterocycles. The van der Waals surface area contributed by atoms with Gasteiger partial charge in [0.05, 0.1) is 13.2 Å². The van der Waals surface area contributed by atoms with Crippen LogP contribution in [0.3, 0.4) is 0 Å². The van der Waals surface area contributed by atoms with Crippen LogP contribution in [0.25, 0.3) is 0 Å². The first-order valence-electron chi connectivity index (χ1n) is 14.1. The first kappa shape index (κ1) is 52.7. The Kier molecular flexibility index (Phi) is 18.7. The van der Waals surface area contributed by atoms with E-state index in [0.717, 1.165) is 44.9 Å². The standard InChI is InChI=1S/C24H30F21O4P.Na/c1-2-3-4-5-6-7-8-9-10-11-13-48-50(46,47)49-14-12-15(25,26)16(27,28)17(29,30)18(31,32)19(33,34)20(35,36)21(37,38)22(39,40)23(41,42)24(43,44)45;/h2-14H2,1H3,(H,46,47);/q;+1/p-1. The molecule has 0 N–H and O–H groups in total. The second kappa shape index (κ2) is 18.1. The van der Waals surface area contributed by atoms with Crippen LogP contribution >= 0.6 is 7.82 Å². The predicted molar refractivity (Wildman–Crippen MR) is 127 cm³/mol. The minimum atomic E-state index is -9.26. The molecule has 51 heavy (non-hydrogen) atoms. The molecule has 0 amide bonds. The van der Waals surface area contributed by atoms with E-state index >= 15 is 0 Å². The molecule has 4 nitrogen and oxygen atoms in total. The van der Waals surface area contributed by atoms with Gasteiger partial charge in [-0.15, -0.1) is 0 Å². The van der Waals surface area contributed by atoms with Crippen molar-refractivity contribution >= 4 is 7.82 Å². The summed E-state index contributed by atoms with van der Waals surface area (Å²) in [6.07, 6.45) is -3.82. The summed E-state index contributed by atoms with van der Waals surface area (Å²) >= 11 is 0. The third kappa shape index (κ3) is 10.7.